The highest BCUT2D eigenvalue weighted by Gasteiger charge is 2.06. The summed E-state index contributed by atoms with van der Waals surface area (Å²) in [6.45, 7) is 0. The smallest absolute Gasteiger partial charge is 0.200 e. The van der Waals surface area contributed by atoms with Gasteiger partial charge in [-0.2, -0.15) is 5.10 Å². The van der Waals surface area contributed by atoms with E-state index in [1.165, 1.54) is 0 Å². The lowest BCUT2D eigenvalue weighted by molar-refractivity contribution is 1.08. The first-order valence-corrected chi connectivity index (χ1v) is 3.84. The van der Waals surface area contributed by atoms with Gasteiger partial charge in [-0.3, -0.25) is 5.10 Å². The molecule has 0 fully saturated rings. The summed E-state index contributed by atoms with van der Waals surface area (Å²) in [4.78, 5) is 10.3. The van der Waals surface area contributed by atoms with Gasteiger partial charge in [0.05, 0.1) is 6.20 Å². The minimum Gasteiger partial charge on any atom is -0.258 e. The molecule has 4 heteroatoms. The van der Waals surface area contributed by atoms with Crippen LogP contribution in [0.5, 0.6) is 0 Å². The number of nitrogens with one attached hydrogen (secondary N) is 1. The fourth-order valence-electron chi connectivity index (χ4n) is 1.18. The van der Waals surface area contributed by atoms with Crippen molar-refractivity contribution in [2.75, 3.05) is 0 Å². The first-order valence-electron chi connectivity index (χ1n) is 3.84. The number of hydrogen-bond acceptors (Lipinski definition) is 3. The topological polar surface area (TPSA) is 58.1 Å². The van der Waals surface area contributed by atoms with E-state index in [0.29, 0.717) is 0 Å². The first kappa shape index (κ1) is 7.67. The van der Waals surface area contributed by atoms with Gasteiger partial charge in [-0.25, -0.2) is 0 Å². The lowest BCUT2D eigenvalue weighted by atomic mass is 10.1. The van der Waals surface area contributed by atoms with E-state index in [-0.39, 0.29) is 5.82 Å². The number of aromatic amines is 1. The summed E-state index contributed by atoms with van der Waals surface area (Å²) >= 11 is 0. The van der Waals surface area contributed by atoms with E-state index in [2.05, 4.69) is 15.4 Å². The Morgan fingerprint density at radius 2 is 2.00 bits per heavy atom. The molecular weight excluding hydrogens is 166 g/mol. The summed E-state index contributed by atoms with van der Waals surface area (Å²) in [7, 11) is 0. The Morgan fingerprint density at radius 3 is 2.69 bits per heavy atom. The van der Waals surface area contributed by atoms with Gasteiger partial charge >= 0.3 is 0 Å². The van der Waals surface area contributed by atoms with Gasteiger partial charge in [-0.05, 0) is 10.7 Å². The van der Waals surface area contributed by atoms with Crippen LogP contribution in [0.3, 0.4) is 0 Å². The van der Waals surface area contributed by atoms with Crippen LogP contribution >= 0.6 is 0 Å². The molecule has 1 aromatic heterocycles. The normalized spacial score (nSPS) is 9.85. The second-order valence-corrected chi connectivity index (χ2v) is 2.59. The van der Waals surface area contributed by atoms with Crippen LogP contribution in [0.15, 0.2) is 41.7 Å². The highest BCUT2D eigenvalue weighted by Crippen LogP contribution is 2.26. The van der Waals surface area contributed by atoms with E-state index in [0.717, 1.165) is 11.1 Å². The lowest BCUT2D eigenvalue weighted by Gasteiger charge is -1.94. The van der Waals surface area contributed by atoms with Crippen molar-refractivity contribution in [1.82, 2.24) is 10.2 Å². The number of rotatable bonds is 2. The molecule has 0 saturated carbocycles. The SMILES string of the molecule is O=Nc1[nH]ncc1-c1ccccc1. The van der Waals surface area contributed by atoms with E-state index in [9.17, 15) is 4.91 Å². The predicted octanol–water partition coefficient (Wildman–Crippen LogP) is 2.47. The lowest BCUT2D eigenvalue weighted by Crippen LogP contribution is -1.72. The van der Waals surface area contributed by atoms with Crippen LogP contribution in [-0.2, 0) is 0 Å². The fourth-order valence-corrected chi connectivity index (χ4v) is 1.18. The Morgan fingerprint density at radius 1 is 1.23 bits per heavy atom. The molecular formula is C9H7N3O. The summed E-state index contributed by atoms with van der Waals surface area (Å²) in [6, 6.07) is 9.52. The van der Waals surface area contributed by atoms with Gasteiger partial charge in [0.15, 0.2) is 5.82 Å². The van der Waals surface area contributed by atoms with E-state index in [1.807, 2.05) is 30.3 Å². The molecule has 0 saturated heterocycles. The summed E-state index contributed by atoms with van der Waals surface area (Å²) in [6.07, 6.45) is 1.59. The molecule has 0 aliphatic carbocycles. The molecule has 0 unspecified atom stereocenters. The van der Waals surface area contributed by atoms with Gasteiger partial charge in [0.1, 0.15) is 0 Å². The molecule has 2 aromatic rings. The summed E-state index contributed by atoms with van der Waals surface area (Å²) < 4.78 is 0. The zero-order valence-electron chi connectivity index (χ0n) is 6.77. The molecule has 2 rings (SSSR count). The van der Waals surface area contributed by atoms with E-state index < -0.39 is 0 Å². The average Bonchev–Trinajstić information content (AvgIpc) is 2.67. The molecule has 0 aliphatic rings. The highest BCUT2D eigenvalue weighted by molar-refractivity contribution is 5.72. The monoisotopic (exact) mass is 173 g/mol. The fraction of sp³-hybridized carbons (Fsp3) is 0. The van der Waals surface area contributed by atoms with Gasteiger partial charge in [0, 0.05) is 5.56 Å². The van der Waals surface area contributed by atoms with Crippen LogP contribution in [0.2, 0.25) is 0 Å². The van der Waals surface area contributed by atoms with Crippen LogP contribution < -0.4 is 0 Å². The quantitative estimate of drug-likeness (QED) is 0.709. The van der Waals surface area contributed by atoms with E-state index in [4.69, 9.17) is 0 Å². The van der Waals surface area contributed by atoms with Crippen LogP contribution in [0.25, 0.3) is 11.1 Å². The van der Waals surface area contributed by atoms with Gasteiger partial charge in [-0.15, -0.1) is 4.91 Å². The summed E-state index contributed by atoms with van der Waals surface area (Å²) in [5, 5.41) is 9.11. The van der Waals surface area contributed by atoms with E-state index >= 15 is 0 Å². The Balaban J connectivity index is 2.52. The van der Waals surface area contributed by atoms with Crippen molar-refractivity contribution >= 4 is 5.82 Å². The highest BCUT2D eigenvalue weighted by atomic mass is 16.3. The molecule has 1 aromatic carbocycles. The zero-order chi connectivity index (χ0) is 9.10. The van der Waals surface area contributed by atoms with Crippen LogP contribution in [0, 0.1) is 4.91 Å². The molecule has 1 N–H and O–H groups in total. The predicted molar refractivity (Wildman–Crippen MR) is 49.5 cm³/mol. The molecule has 4 nitrogen and oxygen atoms in total. The second kappa shape index (κ2) is 3.18. The first-order chi connectivity index (χ1) is 6.42. The maximum Gasteiger partial charge on any atom is 0.200 e. The van der Waals surface area contributed by atoms with Crippen LogP contribution in [0.4, 0.5) is 5.82 Å². The number of nitroso groups, excluding NO2 is 1. The van der Waals surface area contributed by atoms with Gasteiger partial charge in [0.25, 0.3) is 0 Å². The van der Waals surface area contributed by atoms with E-state index in [1.54, 1.807) is 6.20 Å². The molecule has 0 spiro atoms. The molecule has 0 atom stereocenters. The Hall–Kier alpha value is -1.97. The molecule has 0 bridgehead atoms. The van der Waals surface area contributed by atoms with Crippen molar-refractivity contribution in [3.8, 4) is 11.1 Å². The third-order valence-electron chi connectivity index (χ3n) is 1.80. The zero-order valence-corrected chi connectivity index (χ0v) is 6.77. The Kier molecular flexibility index (Phi) is 1.88. The minimum atomic E-state index is 0.270. The number of nitrogens with zero attached hydrogens (tertiary/aromatic N) is 2. The van der Waals surface area contributed by atoms with Crippen molar-refractivity contribution < 1.29 is 0 Å². The summed E-state index contributed by atoms with van der Waals surface area (Å²) in [5.41, 5.74) is 1.67. The number of benzene rings is 1. The summed E-state index contributed by atoms with van der Waals surface area (Å²) in [5.74, 6) is 0.270. The second-order valence-electron chi connectivity index (χ2n) is 2.59. The van der Waals surface area contributed by atoms with Crippen LogP contribution in [-0.4, -0.2) is 10.2 Å². The number of hydrogen-bond donors (Lipinski definition) is 1. The third kappa shape index (κ3) is 1.33. The average molecular weight is 173 g/mol. The molecule has 0 aliphatic heterocycles. The minimum absolute atomic E-state index is 0.270. The van der Waals surface area contributed by atoms with Crippen LogP contribution in [0.1, 0.15) is 0 Å². The molecule has 13 heavy (non-hydrogen) atoms. The Labute approximate surface area is 74.6 Å². The van der Waals surface area contributed by atoms with Crippen molar-refractivity contribution in [3.63, 3.8) is 0 Å². The molecule has 0 amide bonds. The van der Waals surface area contributed by atoms with Crippen molar-refractivity contribution in [2.45, 2.75) is 0 Å². The number of H-pyrrole nitrogens is 1. The van der Waals surface area contributed by atoms with Crippen molar-refractivity contribution in [2.24, 2.45) is 5.18 Å². The standard InChI is InChI=1S/C9H7N3O/c13-12-9-8(6-10-11-9)7-4-2-1-3-5-7/h1-6H,(H,10,11). The number of aromatic nitrogens is 2. The Bertz CT molecular complexity index is 408. The van der Waals surface area contributed by atoms with Gasteiger partial charge < -0.3 is 0 Å². The van der Waals surface area contributed by atoms with Crippen molar-refractivity contribution in [3.05, 3.63) is 41.4 Å². The molecule has 1 heterocycles. The largest absolute Gasteiger partial charge is 0.258 e. The molecule has 0 radical (unpaired) electrons. The van der Waals surface area contributed by atoms with Gasteiger partial charge in [-0.1, -0.05) is 30.3 Å². The van der Waals surface area contributed by atoms with Gasteiger partial charge in [0.2, 0.25) is 0 Å². The molecule has 64 valence electrons. The van der Waals surface area contributed by atoms with Crippen molar-refractivity contribution in [1.29, 1.82) is 0 Å². The maximum absolute atomic E-state index is 10.3. The maximum atomic E-state index is 10.3. The third-order valence-corrected chi connectivity index (χ3v) is 1.80.